The van der Waals surface area contributed by atoms with Gasteiger partial charge < -0.3 is 24.7 Å². The van der Waals surface area contributed by atoms with Gasteiger partial charge in [-0.25, -0.2) is 0 Å². The van der Waals surface area contributed by atoms with E-state index in [0.717, 1.165) is 68.6 Å². The van der Waals surface area contributed by atoms with E-state index in [1.54, 1.807) is 23.1 Å². The number of ether oxygens (including phenoxy) is 1. The smallest absolute Gasteiger partial charge is 0.303 e. The van der Waals surface area contributed by atoms with Crippen LogP contribution in [0.1, 0.15) is 73.7 Å². The molecular weight excluding hydrogens is 468 g/mol. The number of carboxylic acid groups (broad SMARTS) is 1. The van der Waals surface area contributed by atoms with E-state index in [1.807, 2.05) is 31.3 Å². The number of aliphatic carboxylic acids is 1. The Morgan fingerprint density at radius 3 is 2.54 bits per heavy atom. The Morgan fingerprint density at radius 2 is 1.86 bits per heavy atom. The summed E-state index contributed by atoms with van der Waals surface area (Å²) >= 11 is 0. The zero-order chi connectivity index (χ0) is 26.4. The lowest BCUT2D eigenvalue weighted by molar-refractivity contribution is -0.137. The fourth-order valence-electron chi connectivity index (χ4n) is 5.30. The highest BCUT2D eigenvalue weighted by Crippen LogP contribution is 2.45. The van der Waals surface area contributed by atoms with E-state index in [-0.39, 0.29) is 24.0 Å². The van der Waals surface area contributed by atoms with Crippen LogP contribution in [-0.4, -0.2) is 60.3 Å². The lowest BCUT2D eigenvalue weighted by atomic mass is 9.91. The van der Waals surface area contributed by atoms with Crippen molar-refractivity contribution in [2.45, 2.75) is 57.8 Å². The molecule has 37 heavy (non-hydrogen) atoms. The minimum absolute atomic E-state index is 0.0128. The van der Waals surface area contributed by atoms with E-state index < -0.39 is 5.97 Å². The number of benzene rings is 2. The zero-order valence-electron chi connectivity index (χ0n) is 22.1. The molecule has 1 saturated carbocycles. The number of carboxylic acids is 1. The number of carbonyl (C=O) groups is 2. The van der Waals surface area contributed by atoms with Crippen molar-refractivity contribution in [3.8, 4) is 11.5 Å². The molecule has 0 bridgehead atoms. The standard InChI is InChI=1S/C30H40N2O5/c1-3-4-14-31(2)30(36)26-11-10-24(33)18-28(26)32-15-12-21(13-16-32)20-37-25-7-5-6-23(17-25)27(19-29(34)35)22-8-9-22/h5-7,10-11,17-18,21-22,27,33H,3-4,8-9,12-16,19-20H2,1-2H3,(H,34,35). The molecule has 1 aliphatic heterocycles. The largest absolute Gasteiger partial charge is 0.508 e. The molecule has 2 fully saturated rings. The molecule has 2 aromatic carbocycles. The van der Waals surface area contributed by atoms with Crippen LogP contribution in [0.5, 0.6) is 11.5 Å². The van der Waals surface area contributed by atoms with Crippen LogP contribution in [0.25, 0.3) is 0 Å². The number of unbranched alkanes of at least 4 members (excludes halogenated alkanes) is 1. The molecule has 1 atom stereocenters. The Hall–Kier alpha value is -3.22. The number of anilines is 1. The van der Waals surface area contributed by atoms with Crippen LogP contribution < -0.4 is 9.64 Å². The molecule has 0 radical (unpaired) electrons. The van der Waals surface area contributed by atoms with Crippen LogP contribution in [0, 0.1) is 11.8 Å². The van der Waals surface area contributed by atoms with E-state index >= 15 is 0 Å². The van der Waals surface area contributed by atoms with Gasteiger partial charge in [0.05, 0.1) is 24.3 Å². The first-order valence-electron chi connectivity index (χ1n) is 13.6. The third-order valence-corrected chi connectivity index (χ3v) is 7.72. The molecule has 7 nitrogen and oxygen atoms in total. The molecule has 1 saturated heterocycles. The monoisotopic (exact) mass is 508 g/mol. The summed E-state index contributed by atoms with van der Waals surface area (Å²) in [6.45, 7) is 5.01. The quantitative estimate of drug-likeness (QED) is 0.392. The van der Waals surface area contributed by atoms with E-state index in [9.17, 15) is 19.8 Å². The summed E-state index contributed by atoms with van der Waals surface area (Å²) in [4.78, 5) is 28.4. The average Bonchev–Trinajstić information content (AvgIpc) is 3.74. The first-order valence-corrected chi connectivity index (χ1v) is 13.6. The maximum Gasteiger partial charge on any atom is 0.303 e. The summed E-state index contributed by atoms with van der Waals surface area (Å²) in [7, 11) is 1.84. The van der Waals surface area contributed by atoms with Crippen molar-refractivity contribution in [2.24, 2.45) is 11.8 Å². The normalized spacial score (nSPS) is 16.9. The number of rotatable bonds is 12. The summed E-state index contributed by atoms with van der Waals surface area (Å²) in [6, 6.07) is 13.0. The number of amides is 1. The molecule has 0 spiro atoms. The van der Waals surface area contributed by atoms with Gasteiger partial charge >= 0.3 is 5.97 Å². The van der Waals surface area contributed by atoms with E-state index in [0.29, 0.717) is 30.6 Å². The highest BCUT2D eigenvalue weighted by molar-refractivity contribution is 6.00. The lowest BCUT2D eigenvalue weighted by Gasteiger charge is -2.35. The Morgan fingerprint density at radius 1 is 1.11 bits per heavy atom. The zero-order valence-corrected chi connectivity index (χ0v) is 22.1. The average molecular weight is 509 g/mol. The van der Waals surface area contributed by atoms with Gasteiger partial charge in [-0.15, -0.1) is 0 Å². The number of nitrogens with zero attached hydrogens (tertiary/aromatic N) is 2. The molecule has 2 aromatic rings. The molecule has 1 amide bonds. The first kappa shape index (κ1) is 26.8. The number of phenolic OH excluding ortho intramolecular Hbond substituents is 1. The van der Waals surface area contributed by atoms with Crippen molar-refractivity contribution in [1.29, 1.82) is 0 Å². The number of carbonyl (C=O) groups excluding carboxylic acids is 1. The van der Waals surface area contributed by atoms with Crippen LogP contribution in [0.2, 0.25) is 0 Å². The second-order valence-corrected chi connectivity index (χ2v) is 10.6. The van der Waals surface area contributed by atoms with Crippen molar-refractivity contribution in [2.75, 3.05) is 38.2 Å². The number of piperidine rings is 1. The molecule has 7 heteroatoms. The SMILES string of the molecule is CCCCN(C)C(=O)c1ccc(O)cc1N1CCC(COc2cccc(C(CC(=O)O)C3CC3)c2)CC1. The third kappa shape index (κ3) is 7.18. The molecule has 200 valence electrons. The van der Waals surface area contributed by atoms with Crippen molar-refractivity contribution >= 4 is 17.6 Å². The van der Waals surface area contributed by atoms with Crippen molar-refractivity contribution < 1.29 is 24.5 Å². The van der Waals surface area contributed by atoms with Gasteiger partial charge in [-0.1, -0.05) is 25.5 Å². The van der Waals surface area contributed by atoms with E-state index in [4.69, 9.17) is 4.74 Å². The summed E-state index contributed by atoms with van der Waals surface area (Å²) < 4.78 is 6.17. The molecule has 1 unspecified atom stereocenters. The second-order valence-electron chi connectivity index (χ2n) is 10.6. The number of phenols is 1. The fraction of sp³-hybridized carbons (Fsp3) is 0.533. The third-order valence-electron chi connectivity index (χ3n) is 7.72. The minimum Gasteiger partial charge on any atom is -0.508 e. The molecule has 4 rings (SSSR count). The summed E-state index contributed by atoms with van der Waals surface area (Å²) in [6.07, 6.45) is 6.22. The van der Waals surface area contributed by atoms with Crippen LogP contribution in [0.15, 0.2) is 42.5 Å². The summed E-state index contributed by atoms with van der Waals surface area (Å²) in [5.41, 5.74) is 2.49. The topological polar surface area (TPSA) is 90.3 Å². The Kier molecular flexibility index (Phi) is 8.95. The molecule has 0 aromatic heterocycles. The van der Waals surface area contributed by atoms with Gasteiger partial charge in [0, 0.05) is 32.7 Å². The number of hydrogen-bond acceptors (Lipinski definition) is 5. The van der Waals surface area contributed by atoms with Gasteiger partial charge in [0.15, 0.2) is 0 Å². The van der Waals surface area contributed by atoms with Crippen LogP contribution in [0.4, 0.5) is 5.69 Å². The molecule has 2 aliphatic rings. The molecule has 2 N–H and O–H groups in total. The van der Waals surface area contributed by atoms with E-state index in [1.165, 1.54) is 0 Å². The van der Waals surface area contributed by atoms with Crippen molar-refractivity contribution in [3.05, 3.63) is 53.6 Å². The van der Waals surface area contributed by atoms with E-state index in [2.05, 4.69) is 11.8 Å². The maximum atomic E-state index is 13.1. The van der Waals surface area contributed by atoms with Crippen LogP contribution in [0.3, 0.4) is 0 Å². The molecule has 1 heterocycles. The summed E-state index contributed by atoms with van der Waals surface area (Å²) in [5.74, 6) is 1.12. The first-order chi connectivity index (χ1) is 17.9. The lowest BCUT2D eigenvalue weighted by Crippen LogP contribution is -2.37. The minimum atomic E-state index is -0.751. The highest BCUT2D eigenvalue weighted by atomic mass is 16.5. The predicted molar refractivity (Wildman–Crippen MR) is 145 cm³/mol. The number of hydrogen-bond donors (Lipinski definition) is 2. The van der Waals surface area contributed by atoms with Gasteiger partial charge in [-0.05, 0) is 79.7 Å². The van der Waals surface area contributed by atoms with Gasteiger partial charge in [-0.2, -0.15) is 0 Å². The van der Waals surface area contributed by atoms with Crippen molar-refractivity contribution in [1.82, 2.24) is 4.90 Å². The predicted octanol–water partition coefficient (Wildman–Crippen LogP) is 5.53. The molecular formula is C30H40N2O5. The van der Waals surface area contributed by atoms with Gasteiger partial charge in [0.25, 0.3) is 5.91 Å². The Labute approximate surface area is 220 Å². The van der Waals surface area contributed by atoms with Crippen molar-refractivity contribution in [3.63, 3.8) is 0 Å². The molecule has 1 aliphatic carbocycles. The maximum absolute atomic E-state index is 13.1. The van der Waals surface area contributed by atoms with Gasteiger partial charge in [0.1, 0.15) is 11.5 Å². The highest BCUT2D eigenvalue weighted by Gasteiger charge is 2.34. The van der Waals surface area contributed by atoms with Crippen LogP contribution in [-0.2, 0) is 4.79 Å². The number of aromatic hydroxyl groups is 1. The Bertz CT molecular complexity index is 1080. The fourth-order valence-corrected chi connectivity index (χ4v) is 5.30. The summed E-state index contributed by atoms with van der Waals surface area (Å²) in [5, 5.41) is 19.5. The van der Waals surface area contributed by atoms with Crippen LogP contribution >= 0.6 is 0 Å². The Balaban J connectivity index is 1.34. The van der Waals surface area contributed by atoms with Gasteiger partial charge in [-0.3, -0.25) is 9.59 Å². The second kappa shape index (κ2) is 12.3. The van der Waals surface area contributed by atoms with Gasteiger partial charge in [0.2, 0.25) is 0 Å².